The SMILES string of the molecule is COCCn1cc(C(=O)NC2CC(c3ccc(F)cc3F)C2)nn1. The molecule has 0 radical (unpaired) electrons. The highest BCUT2D eigenvalue weighted by Gasteiger charge is 2.33. The van der Waals surface area contributed by atoms with Crippen LogP contribution in [-0.2, 0) is 11.3 Å². The van der Waals surface area contributed by atoms with Gasteiger partial charge in [0, 0.05) is 19.2 Å². The molecule has 1 heterocycles. The van der Waals surface area contributed by atoms with Crippen LogP contribution in [0, 0.1) is 11.6 Å². The number of ether oxygens (including phenoxy) is 1. The van der Waals surface area contributed by atoms with E-state index in [2.05, 4.69) is 15.6 Å². The third kappa shape index (κ3) is 3.59. The van der Waals surface area contributed by atoms with Crippen LogP contribution < -0.4 is 5.32 Å². The van der Waals surface area contributed by atoms with Gasteiger partial charge in [0.25, 0.3) is 5.91 Å². The topological polar surface area (TPSA) is 69.0 Å². The van der Waals surface area contributed by atoms with E-state index < -0.39 is 11.6 Å². The van der Waals surface area contributed by atoms with Crippen molar-refractivity contribution in [3.8, 4) is 0 Å². The number of hydrogen-bond donors (Lipinski definition) is 1. The van der Waals surface area contributed by atoms with Gasteiger partial charge in [-0.15, -0.1) is 5.10 Å². The molecule has 0 aliphatic heterocycles. The number of benzene rings is 1. The van der Waals surface area contributed by atoms with Gasteiger partial charge in [0.15, 0.2) is 5.69 Å². The van der Waals surface area contributed by atoms with Gasteiger partial charge >= 0.3 is 0 Å². The van der Waals surface area contributed by atoms with E-state index in [0.717, 1.165) is 6.07 Å². The summed E-state index contributed by atoms with van der Waals surface area (Å²) >= 11 is 0. The molecule has 1 saturated carbocycles. The zero-order valence-electron chi connectivity index (χ0n) is 13.2. The molecule has 1 fully saturated rings. The van der Waals surface area contributed by atoms with Gasteiger partial charge in [-0.3, -0.25) is 4.79 Å². The molecule has 0 spiro atoms. The minimum Gasteiger partial charge on any atom is -0.383 e. The lowest BCUT2D eigenvalue weighted by molar-refractivity contribution is 0.0903. The second-order valence-corrected chi connectivity index (χ2v) is 5.86. The first-order valence-electron chi connectivity index (χ1n) is 7.71. The van der Waals surface area contributed by atoms with Gasteiger partial charge in [-0.05, 0) is 30.4 Å². The van der Waals surface area contributed by atoms with E-state index in [1.54, 1.807) is 13.3 Å². The second-order valence-electron chi connectivity index (χ2n) is 5.86. The maximum absolute atomic E-state index is 13.7. The lowest BCUT2D eigenvalue weighted by Gasteiger charge is -2.36. The summed E-state index contributed by atoms with van der Waals surface area (Å²) < 4.78 is 33.1. The van der Waals surface area contributed by atoms with E-state index in [9.17, 15) is 13.6 Å². The summed E-state index contributed by atoms with van der Waals surface area (Å²) in [6.07, 6.45) is 2.79. The number of nitrogens with one attached hydrogen (secondary N) is 1. The molecule has 0 unspecified atom stereocenters. The number of carbonyl (C=O) groups excluding carboxylic acids is 1. The van der Waals surface area contributed by atoms with Gasteiger partial charge in [0.05, 0.1) is 19.3 Å². The van der Waals surface area contributed by atoms with Crippen molar-refractivity contribution < 1.29 is 18.3 Å². The zero-order valence-corrected chi connectivity index (χ0v) is 13.2. The lowest BCUT2D eigenvalue weighted by Crippen LogP contribution is -2.43. The second kappa shape index (κ2) is 7.04. The summed E-state index contributed by atoms with van der Waals surface area (Å²) in [6.45, 7) is 1.00. The largest absolute Gasteiger partial charge is 0.383 e. The Morgan fingerprint density at radius 2 is 2.21 bits per heavy atom. The molecule has 1 aromatic carbocycles. The molecule has 128 valence electrons. The van der Waals surface area contributed by atoms with Crippen LogP contribution in [0.3, 0.4) is 0 Å². The van der Waals surface area contributed by atoms with Crippen LogP contribution in [0.4, 0.5) is 8.78 Å². The molecule has 24 heavy (non-hydrogen) atoms. The van der Waals surface area contributed by atoms with Crippen LogP contribution in [0.5, 0.6) is 0 Å². The van der Waals surface area contributed by atoms with Gasteiger partial charge in [-0.1, -0.05) is 11.3 Å². The Bertz CT molecular complexity index is 729. The van der Waals surface area contributed by atoms with Gasteiger partial charge in [-0.2, -0.15) is 0 Å². The molecule has 1 amide bonds. The van der Waals surface area contributed by atoms with E-state index in [-0.39, 0.29) is 23.6 Å². The Morgan fingerprint density at radius 3 is 2.92 bits per heavy atom. The molecule has 0 atom stereocenters. The molecule has 1 aliphatic rings. The number of nitrogens with zero attached hydrogens (tertiary/aromatic N) is 3. The highest BCUT2D eigenvalue weighted by atomic mass is 19.1. The molecule has 1 N–H and O–H groups in total. The smallest absolute Gasteiger partial charge is 0.273 e. The molecule has 0 saturated heterocycles. The number of amides is 1. The van der Waals surface area contributed by atoms with Gasteiger partial charge < -0.3 is 10.1 Å². The molecular formula is C16H18F2N4O2. The fraction of sp³-hybridized carbons (Fsp3) is 0.438. The summed E-state index contributed by atoms with van der Waals surface area (Å²) in [5.74, 6) is -1.43. The van der Waals surface area contributed by atoms with Crippen molar-refractivity contribution in [2.45, 2.75) is 31.3 Å². The number of hydrogen-bond acceptors (Lipinski definition) is 4. The van der Waals surface area contributed by atoms with Crippen molar-refractivity contribution in [3.05, 3.63) is 47.3 Å². The normalized spacial score (nSPS) is 19.8. The molecular weight excluding hydrogens is 318 g/mol. The summed E-state index contributed by atoms with van der Waals surface area (Å²) in [6, 6.07) is 3.56. The fourth-order valence-electron chi connectivity index (χ4n) is 2.78. The van der Waals surface area contributed by atoms with Crippen molar-refractivity contribution in [2.75, 3.05) is 13.7 Å². The van der Waals surface area contributed by atoms with E-state index in [4.69, 9.17) is 4.74 Å². The highest BCUT2D eigenvalue weighted by Crippen LogP contribution is 2.38. The van der Waals surface area contributed by atoms with Crippen molar-refractivity contribution in [3.63, 3.8) is 0 Å². The van der Waals surface area contributed by atoms with Crippen molar-refractivity contribution in [1.29, 1.82) is 0 Å². The highest BCUT2D eigenvalue weighted by molar-refractivity contribution is 5.92. The predicted molar refractivity (Wildman–Crippen MR) is 81.5 cm³/mol. The molecule has 8 heteroatoms. The minimum absolute atomic E-state index is 0.00622. The van der Waals surface area contributed by atoms with Gasteiger partial charge in [0.2, 0.25) is 0 Å². The Labute approximate surface area is 137 Å². The third-order valence-electron chi connectivity index (χ3n) is 4.17. The summed E-state index contributed by atoms with van der Waals surface area (Å²) in [7, 11) is 1.58. The first kappa shape index (κ1) is 16.5. The Hall–Kier alpha value is -2.35. The monoisotopic (exact) mass is 336 g/mol. The summed E-state index contributed by atoms with van der Waals surface area (Å²) in [5, 5.41) is 10.5. The van der Waals surface area contributed by atoms with E-state index >= 15 is 0 Å². The van der Waals surface area contributed by atoms with Gasteiger partial charge in [-0.25, -0.2) is 13.5 Å². The first-order valence-corrected chi connectivity index (χ1v) is 7.71. The average Bonchev–Trinajstić information content (AvgIpc) is 2.98. The van der Waals surface area contributed by atoms with E-state index in [1.807, 2.05) is 0 Å². The first-order chi connectivity index (χ1) is 11.6. The molecule has 1 aliphatic carbocycles. The zero-order chi connectivity index (χ0) is 17.1. The summed E-state index contributed by atoms with van der Waals surface area (Å²) in [4.78, 5) is 12.1. The Balaban J connectivity index is 1.51. The standard InChI is InChI=1S/C16H18F2N4O2/c1-24-5-4-22-9-15(20-21-22)16(23)19-12-6-10(7-12)13-3-2-11(17)8-14(13)18/h2-3,8-10,12H,4-7H2,1H3,(H,19,23). The lowest BCUT2D eigenvalue weighted by atomic mass is 9.75. The Morgan fingerprint density at radius 1 is 1.42 bits per heavy atom. The van der Waals surface area contributed by atoms with Crippen LogP contribution in [0.1, 0.15) is 34.8 Å². The van der Waals surface area contributed by atoms with Crippen molar-refractivity contribution >= 4 is 5.91 Å². The number of methoxy groups -OCH3 is 1. The quantitative estimate of drug-likeness (QED) is 0.874. The maximum atomic E-state index is 13.7. The Kier molecular flexibility index (Phi) is 4.84. The molecule has 6 nitrogen and oxygen atoms in total. The van der Waals surface area contributed by atoms with Crippen LogP contribution in [-0.4, -0.2) is 40.7 Å². The molecule has 0 bridgehead atoms. The van der Waals surface area contributed by atoms with E-state index in [1.165, 1.54) is 16.8 Å². The summed E-state index contributed by atoms with van der Waals surface area (Å²) in [5.41, 5.74) is 0.731. The van der Waals surface area contributed by atoms with Crippen molar-refractivity contribution in [1.82, 2.24) is 20.3 Å². The van der Waals surface area contributed by atoms with Crippen LogP contribution >= 0.6 is 0 Å². The predicted octanol–water partition coefficient (Wildman–Crippen LogP) is 1.88. The third-order valence-corrected chi connectivity index (χ3v) is 4.17. The molecule has 3 rings (SSSR count). The van der Waals surface area contributed by atoms with Crippen molar-refractivity contribution in [2.24, 2.45) is 0 Å². The maximum Gasteiger partial charge on any atom is 0.273 e. The molecule has 2 aromatic rings. The molecule has 1 aromatic heterocycles. The van der Waals surface area contributed by atoms with Gasteiger partial charge in [0.1, 0.15) is 11.6 Å². The number of aromatic nitrogens is 3. The van der Waals surface area contributed by atoms with Crippen LogP contribution in [0.2, 0.25) is 0 Å². The number of carbonyl (C=O) groups is 1. The van der Waals surface area contributed by atoms with Crippen LogP contribution in [0.15, 0.2) is 24.4 Å². The van der Waals surface area contributed by atoms with Crippen LogP contribution in [0.25, 0.3) is 0 Å². The van der Waals surface area contributed by atoms with E-state index in [0.29, 0.717) is 31.6 Å². The minimum atomic E-state index is -0.586. The average molecular weight is 336 g/mol. The number of halogens is 2. The fourth-order valence-corrected chi connectivity index (χ4v) is 2.78. The number of rotatable bonds is 6.